The summed E-state index contributed by atoms with van der Waals surface area (Å²) in [4.78, 5) is 0. The third-order valence-corrected chi connectivity index (χ3v) is 3.06. The van der Waals surface area contributed by atoms with Crippen LogP contribution >= 0.6 is 11.6 Å². The quantitative estimate of drug-likeness (QED) is 0.668. The first-order chi connectivity index (χ1) is 9.01. The third-order valence-electron chi connectivity index (χ3n) is 2.84. The van der Waals surface area contributed by atoms with Gasteiger partial charge >= 0.3 is 0 Å². The summed E-state index contributed by atoms with van der Waals surface area (Å²) in [5.74, 6) is 3.72. The first-order valence-corrected chi connectivity index (χ1v) is 6.07. The molecule has 0 saturated heterocycles. The molecule has 0 saturated carbocycles. The van der Waals surface area contributed by atoms with Crippen molar-refractivity contribution in [3.63, 3.8) is 0 Å². The van der Waals surface area contributed by atoms with Crippen LogP contribution in [-0.2, 0) is 0 Å². The predicted octanol–water partition coefficient (Wildman–Crippen LogP) is 3.48. The van der Waals surface area contributed by atoms with Crippen molar-refractivity contribution < 1.29 is 8.78 Å². The molecule has 2 nitrogen and oxygen atoms in total. The largest absolute Gasteiger partial charge is 0.271 e. The molecule has 0 radical (unpaired) electrons. The fourth-order valence-corrected chi connectivity index (χ4v) is 2.31. The van der Waals surface area contributed by atoms with Gasteiger partial charge in [0.25, 0.3) is 0 Å². The predicted molar refractivity (Wildman–Crippen MR) is 71.7 cm³/mol. The van der Waals surface area contributed by atoms with Crippen LogP contribution in [0.2, 0.25) is 5.02 Å². The van der Waals surface area contributed by atoms with Crippen LogP contribution in [0.3, 0.4) is 0 Å². The minimum atomic E-state index is -0.906. The number of hydrogen-bond donors (Lipinski definition) is 2. The van der Waals surface area contributed by atoms with E-state index in [4.69, 9.17) is 17.4 Å². The van der Waals surface area contributed by atoms with Crippen LogP contribution in [-0.4, -0.2) is 0 Å². The van der Waals surface area contributed by atoms with Gasteiger partial charge in [0.2, 0.25) is 0 Å². The summed E-state index contributed by atoms with van der Waals surface area (Å²) >= 11 is 5.99. The minimum Gasteiger partial charge on any atom is -0.271 e. The van der Waals surface area contributed by atoms with Crippen LogP contribution in [0.15, 0.2) is 36.4 Å². The summed E-state index contributed by atoms with van der Waals surface area (Å²) in [6.07, 6.45) is 0. The third kappa shape index (κ3) is 3.10. The molecule has 3 N–H and O–H groups in total. The van der Waals surface area contributed by atoms with Gasteiger partial charge in [-0.1, -0.05) is 23.7 Å². The highest BCUT2D eigenvalue weighted by atomic mass is 35.5. The lowest BCUT2D eigenvalue weighted by molar-refractivity contribution is 0.504. The monoisotopic (exact) mass is 282 g/mol. The van der Waals surface area contributed by atoms with Crippen molar-refractivity contribution in [1.82, 2.24) is 5.43 Å². The van der Waals surface area contributed by atoms with Crippen LogP contribution in [0.4, 0.5) is 8.78 Å². The van der Waals surface area contributed by atoms with E-state index in [1.807, 2.05) is 19.1 Å². The Kier molecular flexibility index (Phi) is 4.14. The average Bonchev–Trinajstić information content (AvgIpc) is 2.33. The zero-order chi connectivity index (χ0) is 14.0. The molecule has 2 aromatic carbocycles. The van der Waals surface area contributed by atoms with E-state index in [0.29, 0.717) is 10.6 Å². The van der Waals surface area contributed by atoms with Gasteiger partial charge in [0.15, 0.2) is 11.6 Å². The molecular weight excluding hydrogens is 270 g/mol. The Balaban J connectivity index is 2.46. The van der Waals surface area contributed by atoms with Gasteiger partial charge in [-0.3, -0.25) is 5.84 Å². The van der Waals surface area contributed by atoms with Crippen molar-refractivity contribution in [2.24, 2.45) is 5.84 Å². The van der Waals surface area contributed by atoms with Gasteiger partial charge in [-0.25, -0.2) is 14.2 Å². The maximum absolute atomic E-state index is 13.3. The molecule has 0 aliphatic carbocycles. The van der Waals surface area contributed by atoms with E-state index in [1.54, 1.807) is 6.07 Å². The lowest BCUT2D eigenvalue weighted by Gasteiger charge is -2.18. The molecule has 0 aliphatic rings. The molecule has 0 spiro atoms. The van der Waals surface area contributed by atoms with Crippen molar-refractivity contribution in [3.05, 3.63) is 69.7 Å². The molecule has 0 aliphatic heterocycles. The number of benzene rings is 2. The molecular formula is C14H13ClF2N2. The van der Waals surface area contributed by atoms with Crippen molar-refractivity contribution in [2.75, 3.05) is 0 Å². The minimum absolute atomic E-state index is 0.451. The summed E-state index contributed by atoms with van der Waals surface area (Å²) in [7, 11) is 0. The van der Waals surface area contributed by atoms with Crippen LogP contribution < -0.4 is 11.3 Å². The van der Waals surface area contributed by atoms with Gasteiger partial charge in [0.05, 0.1) is 6.04 Å². The van der Waals surface area contributed by atoms with Gasteiger partial charge < -0.3 is 0 Å². The summed E-state index contributed by atoms with van der Waals surface area (Å²) in [5.41, 5.74) is 4.87. The number of hydrazine groups is 1. The van der Waals surface area contributed by atoms with Crippen molar-refractivity contribution in [2.45, 2.75) is 13.0 Å². The maximum Gasteiger partial charge on any atom is 0.159 e. The van der Waals surface area contributed by atoms with Gasteiger partial charge in [-0.2, -0.15) is 0 Å². The van der Waals surface area contributed by atoms with Gasteiger partial charge in [-0.15, -0.1) is 0 Å². The molecule has 1 unspecified atom stereocenters. The Morgan fingerprint density at radius 3 is 2.37 bits per heavy atom. The molecule has 0 amide bonds. The molecule has 0 aromatic heterocycles. The van der Waals surface area contributed by atoms with Crippen LogP contribution in [0.1, 0.15) is 22.7 Å². The van der Waals surface area contributed by atoms with E-state index in [-0.39, 0.29) is 0 Å². The Hall–Kier alpha value is -1.49. The number of nitrogens with two attached hydrogens (primary N) is 1. The zero-order valence-corrected chi connectivity index (χ0v) is 11.0. The summed E-state index contributed by atoms with van der Waals surface area (Å²) in [6.45, 7) is 1.90. The maximum atomic E-state index is 13.3. The number of halogens is 3. The normalized spacial score (nSPS) is 12.5. The highest BCUT2D eigenvalue weighted by Crippen LogP contribution is 2.26. The molecule has 5 heteroatoms. The molecule has 2 rings (SSSR count). The van der Waals surface area contributed by atoms with E-state index in [1.165, 1.54) is 6.07 Å². The second-order valence-electron chi connectivity index (χ2n) is 4.34. The fraction of sp³-hybridized carbons (Fsp3) is 0.143. The summed E-state index contributed by atoms with van der Waals surface area (Å²) < 4.78 is 26.2. The van der Waals surface area contributed by atoms with E-state index in [9.17, 15) is 8.78 Å². The number of aryl methyl sites for hydroxylation is 1. The molecule has 0 bridgehead atoms. The van der Waals surface area contributed by atoms with Crippen molar-refractivity contribution >= 4 is 11.6 Å². The number of nitrogens with one attached hydrogen (secondary N) is 1. The fourth-order valence-electron chi connectivity index (χ4n) is 2.01. The Labute approximate surface area is 115 Å². The van der Waals surface area contributed by atoms with Crippen molar-refractivity contribution in [3.8, 4) is 0 Å². The van der Waals surface area contributed by atoms with Crippen molar-refractivity contribution in [1.29, 1.82) is 0 Å². The first-order valence-electron chi connectivity index (χ1n) is 5.69. The second kappa shape index (κ2) is 5.65. The molecule has 1 atom stereocenters. The highest BCUT2D eigenvalue weighted by Gasteiger charge is 2.15. The smallest absolute Gasteiger partial charge is 0.159 e. The van der Waals surface area contributed by atoms with E-state index in [0.717, 1.165) is 23.3 Å². The summed E-state index contributed by atoms with van der Waals surface area (Å²) in [5, 5.41) is 0.567. The highest BCUT2D eigenvalue weighted by molar-refractivity contribution is 6.30. The lowest BCUT2D eigenvalue weighted by atomic mass is 9.98. The number of rotatable bonds is 3. The van der Waals surface area contributed by atoms with Gasteiger partial charge in [0.1, 0.15) is 0 Å². The first kappa shape index (κ1) is 13.9. The Morgan fingerprint density at radius 2 is 1.79 bits per heavy atom. The molecule has 100 valence electrons. The number of hydrogen-bond acceptors (Lipinski definition) is 2. The van der Waals surface area contributed by atoms with Crippen LogP contribution in [0, 0.1) is 18.6 Å². The standard InChI is InChI=1S/C14H13ClF2N2/c1-8-4-10(6-11(15)5-8)14(19-18)9-2-3-12(16)13(17)7-9/h2-7,14,19H,18H2,1H3. The van der Waals surface area contributed by atoms with Gasteiger partial charge in [0, 0.05) is 5.02 Å². The van der Waals surface area contributed by atoms with E-state index >= 15 is 0 Å². The molecule has 19 heavy (non-hydrogen) atoms. The lowest BCUT2D eigenvalue weighted by Crippen LogP contribution is -2.29. The van der Waals surface area contributed by atoms with E-state index in [2.05, 4.69) is 5.43 Å². The topological polar surface area (TPSA) is 38.0 Å². The zero-order valence-electron chi connectivity index (χ0n) is 10.3. The van der Waals surface area contributed by atoms with Gasteiger partial charge in [-0.05, 0) is 47.9 Å². The van der Waals surface area contributed by atoms with Crippen LogP contribution in [0.25, 0.3) is 0 Å². The molecule has 0 heterocycles. The molecule has 2 aromatic rings. The SMILES string of the molecule is Cc1cc(Cl)cc(C(NN)c2ccc(F)c(F)c2)c1. The summed E-state index contributed by atoms with van der Waals surface area (Å²) in [6, 6.07) is 8.66. The average molecular weight is 283 g/mol. The Bertz CT molecular complexity index is 582. The van der Waals surface area contributed by atoms with Crippen LogP contribution in [0.5, 0.6) is 0 Å². The van der Waals surface area contributed by atoms with E-state index < -0.39 is 17.7 Å². The second-order valence-corrected chi connectivity index (χ2v) is 4.77. The molecule has 0 fully saturated rings. The Morgan fingerprint density at radius 1 is 1.05 bits per heavy atom.